The molecule has 1 radical (unpaired) electrons. The molecule has 0 heterocycles. The van der Waals surface area contributed by atoms with Crippen molar-refractivity contribution < 1.29 is 0 Å². The lowest BCUT2D eigenvalue weighted by atomic mass is 9.83. The van der Waals surface area contributed by atoms with Crippen molar-refractivity contribution in [3.63, 3.8) is 0 Å². The van der Waals surface area contributed by atoms with E-state index in [-0.39, 0.29) is 0 Å². The fourth-order valence-corrected chi connectivity index (χ4v) is 2.48. The molecule has 0 heteroatoms. The van der Waals surface area contributed by atoms with Crippen LogP contribution in [0.5, 0.6) is 0 Å². The fraction of sp³-hybridized carbons (Fsp3) is 0.250. The van der Waals surface area contributed by atoms with Gasteiger partial charge in [-0.2, -0.15) is 0 Å². The first-order valence-electron chi connectivity index (χ1n) is 7.23. The Kier molecular flexibility index (Phi) is 7.42. The van der Waals surface area contributed by atoms with E-state index in [9.17, 15) is 0 Å². The van der Waals surface area contributed by atoms with E-state index in [4.69, 9.17) is 0 Å². The van der Waals surface area contributed by atoms with Crippen LogP contribution in [0.15, 0.2) is 73.9 Å². The van der Waals surface area contributed by atoms with E-state index in [1.165, 1.54) is 22.6 Å². The molecule has 20 heavy (non-hydrogen) atoms. The van der Waals surface area contributed by atoms with Crippen molar-refractivity contribution in [2.75, 3.05) is 0 Å². The molecule has 0 aliphatic carbocycles. The van der Waals surface area contributed by atoms with Gasteiger partial charge in [-0.15, -0.1) is 19.7 Å². The van der Waals surface area contributed by atoms with E-state index in [1.807, 2.05) is 18.2 Å². The average molecular weight is 265 g/mol. The zero-order valence-electron chi connectivity index (χ0n) is 12.6. The van der Waals surface area contributed by atoms with Crippen LogP contribution in [0.1, 0.15) is 38.2 Å². The average Bonchev–Trinajstić information content (AvgIpc) is 2.49. The summed E-state index contributed by atoms with van der Waals surface area (Å²) in [7, 11) is 0. The molecule has 0 bridgehead atoms. The molecule has 0 saturated heterocycles. The van der Waals surface area contributed by atoms with Crippen LogP contribution >= 0.6 is 0 Å². The first-order valence-corrected chi connectivity index (χ1v) is 7.23. The number of hydrogen-bond acceptors (Lipinski definition) is 0. The summed E-state index contributed by atoms with van der Waals surface area (Å²) in [5, 5.41) is 0. The number of hydrogen-bond donors (Lipinski definition) is 0. The lowest BCUT2D eigenvalue weighted by Crippen LogP contribution is -2.03. The Balaban J connectivity index is 3.33. The maximum Gasteiger partial charge on any atom is 0.00496 e. The molecule has 0 N–H and O–H groups in total. The SMILES string of the molecule is C=CC[C](CC)C(CC=C)=C(CC=C)c1ccccc1. The van der Waals surface area contributed by atoms with Gasteiger partial charge in [0.2, 0.25) is 0 Å². The minimum Gasteiger partial charge on any atom is -0.103 e. The van der Waals surface area contributed by atoms with Gasteiger partial charge in [0.15, 0.2) is 0 Å². The summed E-state index contributed by atoms with van der Waals surface area (Å²) in [6.45, 7) is 13.9. The summed E-state index contributed by atoms with van der Waals surface area (Å²) in [5.74, 6) is 1.45. The summed E-state index contributed by atoms with van der Waals surface area (Å²) in [6.07, 6.45) is 9.71. The highest BCUT2D eigenvalue weighted by atomic mass is 14.2. The highest BCUT2D eigenvalue weighted by Crippen LogP contribution is 2.34. The highest BCUT2D eigenvalue weighted by molar-refractivity contribution is 5.72. The van der Waals surface area contributed by atoms with E-state index in [2.05, 4.69) is 57.0 Å². The molecule has 0 unspecified atom stereocenters. The van der Waals surface area contributed by atoms with E-state index < -0.39 is 0 Å². The zero-order valence-corrected chi connectivity index (χ0v) is 12.6. The maximum atomic E-state index is 3.91. The Bertz CT molecular complexity index is 462. The van der Waals surface area contributed by atoms with E-state index >= 15 is 0 Å². The van der Waals surface area contributed by atoms with Crippen molar-refractivity contribution in [1.29, 1.82) is 0 Å². The second kappa shape index (κ2) is 9.14. The Morgan fingerprint density at radius 2 is 1.50 bits per heavy atom. The van der Waals surface area contributed by atoms with Gasteiger partial charge in [0.25, 0.3) is 0 Å². The summed E-state index contributed by atoms with van der Waals surface area (Å²) >= 11 is 0. The fourth-order valence-electron chi connectivity index (χ4n) is 2.48. The second-order valence-corrected chi connectivity index (χ2v) is 4.76. The Hall–Kier alpha value is -1.82. The minimum absolute atomic E-state index is 0.883. The molecule has 1 aromatic carbocycles. The standard InChI is InChI=1S/C20H25/c1-5-12-17(8-4)19(13-6-2)20(14-7-3)18-15-10-9-11-16-18/h5-7,9-11,15-16H,1-3,8,12-14H2,4H3. The van der Waals surface area contributed by atoms with Gasteiger partial charge < -0.3 is 0 Å². The number of rotatable bonds is 9. The van der Waals surface area contributed by atoms with Crippen LogP contribution in [0.2, 0.25) is 0 Å². The minimum atomic E-state index is 0.883. The van der Waals surface area contributed by atoms with Crippen LogP contribution < -0.4 is 0 Å². The molecule has 1 aromatic rings. The molecule has 105 valence electrons. The van der Waals surface area contributed by atoms with Gasteiger partial charge in [0, 0.05) is 5.92 Å². The van der Waals surface area contributed by atoms with Gasteiger partial charge >= 0.3 is 0 Å². The van der Waals surface area contributed by atoms with Gasteiger partial charge in [-0.25, -0.2) is 0 Å². The van der Waals surface area contributed by atoms with E-state index in [0.29, 0.717) is 0 Å². The van der Waals surface area contributed by atoms with Crippen molar-refractivity contribution in [3.8, 4) is 0 Å². The first kappa shape index (κ1) is 16.2. The largest absolute Gasteiger partial charge is 0.103 e. The van der Waals surface area contributed by atoms with E-state index in [1.54, 1.807) is 0 Å². The lowest BCUT2D eigenvalue weighted by Gasteiger charge is -2.21. The van der Waals surface area contributed by atoms with Gasteiger partial charge in [-0.05, 0) is 36.8 Å². The van der Waals surface area contributed by atoms with Crippen molar-refractivity contribution in [1.82, 2.24) is 0 Å². The molecule has 0 spiro atoms. The molecule has 0 aliphatic rings. The first-order chi connectivity index (χ1) is 9.78. The van der Waals surface area contributed by atoms with Crippen LogP contribution in [0, 0.1) is 5.92 Å². The van der Waals surface area contributed by atoms with Crippen LogP contribution in [-0.2, 0) is 0 Å². The molecule has 0 aliphatic heterocycles. The highest BCUT2D eigenvalue weighted by Gasteiger charge is 2.16. The third kappa shape index (κ3) is 4.38. The molecule has 1 rings (SSSR count). The molecular formula is C20H25. The number of benzene rings is 1. The maximum absolute atomic E-state index is 3.91. The van der Waals surface area contributed by atoms with Crippen molar-refractivity contribution in [3.05, 3.63) is 85.4 Å². The zero-order chi connectivity index (χ0) is 14.8. The van der Waals surface area contributed by atoms with Crippen molar-refractivity contribution >= 4 is 5.57 Å². The Morgan fingerprint density at radius 3 is 2.00 bits per heavy atom. The molecule has 0 aromatic heterocycles. The lowest BCUT2D eigenvalue weighted by molar-refractivity contribution is 0.858. The quantitative estimate of drug-likeness (QED) is 0.469. The Morgan fingerprint density at radius 1 is 0.900 bits per heavy atom. The van der Waals surface area contributed by atoms with Crippen LogP contribution in [0.25, 0.3) is 5.57 Å². The molecule has 0 fully saturated rings. The summed E-state index contributed by atoms with van der Waals surface area (Å²) < 4.78 is 0. The monoisotopic (exact) mass is 265 g/mol. The Labute approximate surface area is 124 Å². The van der Waals surface area contributed by atoms with Crippen LogP contribution in [0.4, 0.5) is 0 Å². The van der Waals surface area contributed by atoms with Crippen molar-refractivity contribution in [2.45, 2.75) is 32.6 Å². The van der Waals surface area contributed by atoms with Crippen LogP contribution in [0.3, 0.4) is 0 Å². The smallest absolute Gasteiger partial charge is 0.00496 e. The normalized spacial score (nSPS) is 11.9. The number of allylic oxidation sites excluding steroid dienone is 5. The topological polar surface area (TPSA) is 0 Å². The molecular weight excluding hydrogens is 240 g/mol. The van der Waals surface area contributed by atoms with Gasteiger partial charge in [-0.3, -0.25) is 0 Å². The van der Waals surface area contributed by atoms with E-state index in [0.717, 1.165) is 25.7 Å². The second-order valence-electron chi connectivity index (χ2n) is 4.76. The molecule has 0 atom stereocenters. The molecule has 0 amide bonds. The predicted molar refractivity (Wildman–Crippen MR) is 91.3 cm³/mol. The summed E-state index contributed by atoms with van der Waals surface area (Å²) in [5.41, 5.74) is 4.03. The molecule has 0 saturated carbocycles. The van der Waals surface area contributed by atoms with Gasteiger partial charge in [-0.1, -0.05) is 61.1 Å². The summed E-state index contributed by atoms with van der Waals surface area (Å²) in [4.78, 5) is 0. The summed E-state index contributed by atoms with van der Waals surface area (Å²) in [6, 6.07) is 10.6. The van der Waals surface area contributed by atoms with Gasteiger partial charge in [0.05, 0.1) is 0 Å². The van der Waals surface area contributed by atoms with Gasteiger partial charge in [0.1, 0.15) is 0 Å². The van der Waals surface area contributed by atoms with Crippen LogP contribution in [-0.4, -0.2) is 0 Å². The third-order valence-corrected chi connectivity index (χ3v) is 3.43. The molecule has 0 nitrogen and oxygen atoms in total. The van der Waals surface area contributed by atoms with Crippen molar-refractivity contribution in [2.24, 2.45) is 0 Å². The third-order valence-electron chi connectivity index (χ3n) is 3.43. The predicted octanol–water partition coefficient (Wildman–Crippen LogP) is 6.15.